The lowest BCUT2D eigenvalue weighted by Crippen LogP contribution is -2.08. The van der Waals surface area contributed by atoms with Gasteiger partial charge >= 0.3 is 5.97 Å². The number of nitrogens with two attached hydrogens (primary N) is 1. The van der Waals surface area contributed by atoms with Crippen LogP contribution in [0.25, 0.3) is 0 Å². The number of benzene rings is 1. The average molecular weight is 237 g/mol. The normalized spacial score (nSPS) is 10.0. The Hall–Kier alpha value is -1.55. The van der Waals surface area contributed by atoms with Crippen LogP contribution in [0.2, 0.25) is 0 Å². The van der Waals surface area contributed by atoms with E-state index in [1.54, 1.807) is 6.92 Å². The fourth-order valence-electron chi connectivity index (χ4n) is 1.45. The van der Waals surface area contributed by atoms with Crippen LogP contribution in [-0.4, -0.2) is 19.2 Å². The van der Waals surface area contributed by atoms with Crippen LogP contribution in [0.3, 0.4) is 0 Å². The molecular weight excluding hydrogens is 218 g/mol. The fourth-order valence-corrected chi connectivity index (χ4v) is 1.45. The zero-order valence-corrected chi connectivity index (χ0v) is 10.1. The molecule has 4 heteroatoms. The summed E-state index contributed by atoms with van der Waals surface area (Å²) in [6.07, 6.45) is 1.04. The molecule has 0 saturated carbocycles. The SMILES string of the molecule is CCOC(=O)CCCOc1ccccc1CN. The number of rotatable bonds is 7. The maximum Gasteiger partial charge on any atom is 0.305 e. The van der Waals surface area contributed by atoms with Gasteiger partial charge in [-0.1, -0.05) is 18.2 Å². The van der Waals surface area contributed by atoms with Crippen LogP contribution in [0, 0.1) is 0 Å². The summed E-state index contributed by atoms with van der Waals surface area (Å²) in [4.78, 5) is 11.1. The van der Waals surface area contributed by atoms with Crippen molar-refractivity contribution in [3.05, 3.63) is 29.8 Å². The zero-order valence-electron chi connectivity index (χ0n) is 10.1. The molecule has 1 rings (SSSR count). The van der Waals surface area contributed by atoms with Crippen molar-refractivity contribution in [3.8, 4) is 5.75 Å². The Bertz CT molecular complexity index is 352. The summed E-state index contributed by atoms with van der Waals surface area (Å²) < 4.78 is 10.4. The van der Waals surface area contributed by atoms with Gasteiger partial charge in [-0.2, -0.15) is 0 Å². The second kappa shape index (κ2) is 7.68. The van der Waals surface area contributed by atoms with Gasteiger partial charge in [-0.15, -0.1) is 0 Å². The van der Waals surface area contributed by atoms with Gasteiger partial charge in [0.25, 0.3) is 0 Å². The Kier molecular flexibility index (Phi) is 6.10. The van der Waals surface area contributed by atoms with Gasteiger partial charge in [0.15, 0.2) is 0 Å². The van der Waals surface area contributed by atoms with Crippen LogP contribution in [0.5, 0.6) is 5.75 Å². The van der Waals surface area contributed by atoms with Crippen molar-refractivity contribution in [2.24, 2.45) is 5.73 Å². The quantitative estimate of drug-likeness (QED) is 0.581. The second-order valence-electron chi connectivity index (χ2n) is 3.57. The van der Waals surface area contributed by atoms with Gasteiger partial charge in [0.1, 0.15) is 5.75 Å². The van der Waals surface area contributed by atoms with Gasteiger partial charge in [0.05, 0.1) is 13.2 Å². The Morgan fingerprint density at radius 1 is 1.35 bits per heavy atom. The van der Waals surface area contributed by atoms with Gasteiger partial charge in [0.2, 0.25) is 0 Å². The Balaban J connectivity index is 2.28. The van der Waals surface area contributed by atoms with Crippen LogP contribution in [0.15, 0.2) is 24.3 Å². The lowest BCUT2D eigenvalue weighted by molar-refractivity contribution is -0.143. The Morgan fingerprint density at radius 3 is 2.82 bits per heavy atom. The van der Waals surface area contributed by atoms with Crippen molar-refractivity contribution in [1.29, 1.82) is 0 Å². The molecule has 2 N–H and O–H groups in total. The minimum absolute atomic E-state index is 0.178. The average Bonchev–Trinajstić information content (AvgIpc) is 2.35. The molecular formula is C13H19NO3. The molecule has 0 fully saturated rings. The first kappa shape index (κ1) is 13.5. The summed E-state index contributed by atoms with van der Waals surface area (Å²) >= 11 is 0. The van der Waals surface area contributed by atoms with Crippen molar-refractivity contribution in [2.75, 3.05) is 13.2 Å². The molecule has 1 aromatic carbocycles. The number of ether oxygens (including phenoxy) is 2. The van der Waals surface area contributed by atoms with Gasteiger partial charge in [-0.25, -0.2) is 0 Å². The lowest BCUT2D eigenvalue weighted by atomic mass is 10.2. The molecule has 0 radical (unpaired) electrons. The summed E-state index contributed by atoms with van der Waals surface area (Å²) in [5, 5.41) is 0. The molecule has 0 aromatic heterocycles. The van der Waals surface area contributed by atoms with Crippen molar-refractivity contribution in [3.63, 3.8) is 0 Å². The summed E-state index contributed by atoms with van der Waals surface area (Å²) in [6.45, 7) is 3.17. The molecule has 0 aliphatic carbocycles. The molecule has 0 saturated heterocycles. The molecule has 0 aliphatic heterocycles. The highest BCUT2D eigenvalue weighted by Gasteiger charge is 2.03. The third kappa shape index (κ3) is 4.87. The maximum absolute atomic E-state index is 11.1. The molecule has 0 spiro atoms. The fraction of sp³-hybridized carbons (Fsp3) is 0.462. The molecule has 0 amide bonds. The first-order valence-electron chi connectivity index (χ1n) is 5.84. The van der Waals surface area contributed by atoms with Gasteiger partial charge in [-0.05, 0) is 19.4 Å². The highest BCUT2D eigenvalue weighted by atomic mass is 16.5. The van der Waals surface area contributed by atoms with Crippen LogP contribution in [-0.2, 0) is 16.1 Å². The summed E-state index contributed by atoms with van der Waals surface area (Å²) in [6, 6.07) is 7.64. The molecule has 0 bridgehead atoms. The molecule has 4 nitrogen and oxygen atoms in total. The minimum atomic E-state index is -0.178. The predicted molar refractivity (Wildman–Crippen MR) is 65.7 cm³/mol. The maximum atomic E-state index is 11.1. The van der Waals surface area contributed by atoms with Gasteiger partial charge in [-0.3, -0.25) is 4.79 Å². The van der Waals surface area contributed by atoms with Crippen molar-refractivity contribution in [1.82, 2.24) is 0 Å². The van der Waals surface area contributed by atoms with Crippen molar-refractivity contribution < 1.29 is 14.3 Å². The standard InChI is InChI=1S/C13H19NO3/c1-2-16-13(15)8-5-9-17-12-7-4-3-6-11(12)10-14/h3-4,6-7H,2,5,8-10,14H2,1H3. The van der Waals surface area contributed by atoms with Crippen LogP contribution in [0.4, 0.5) is 0 Å². The first-order chi connectivity index (χ1) is 8.27. The molecule has 0 aliphatic rings. The highest BCUT2D eigenvalue weighted by molar-refractivity contribution is 5.69. The van der Waals surface area contributed by atoms with E-state index in [9.17, 15) is 4.79 Å². The van der Waals surface area contributed by atoms with E-state index in [4.69, 9.17) is 15.2 Å². The second-order valence-corrected chi connectivity index (χ2v) is 3.57. The number of hydrogen-bond donors (Lipinski definition) is 1. The van der Waals surface area contributed by atoms with Crippen LogP contribution >= 0.6 is 0 Å². The molecule has 0 atom stereocenters. The van der Waals surface area contributed by atoms with E-state index in [2.05, 4.69) is 0 Å². The monoisotopic (exact) mass is 237 g/mol. The van der Waals surface area contributed by atoms with E-state index in [0.717, 1.165) is 11.3 Å². The van der Waals surface area contributed by atoms with Crippen LogP contribution in [0.1, 0.15) is 25.3 Å². The van der Waals surface area contributed by atoms with E-state index < -0.39 is 0 Å². The largest absolute Gasteiger partial charge is 0.493 e. The van der Waals surface area contributed by atoms with Crippen LogP contribution < -0.4 is 10.5 Å². The third-order valence-electron chi connectivity index (χ3n) is 2.28. The van der Waals surface area contributed by atoms with Crippen molar-refractivity contribution >= 4 is 5.97 Å². The number of esters is 1. The van der Waals surface area contributed by atoms with E-state index in [1.807, 2.05) is 24.3 Å². The van der Waals surface area contributed by atoms with E-state index >= 15 is 0 Å². The van der Waals surface area contributed by atoms with E-state index in [1.165, 1.54) is 0 Å². The van der Waals surface area contributed by atoms with E-state index in [0.29, 0.717) is 32.6 Å². The van der Waals surface area contributed by atoms with Crippen molar-refractivity contribution in [2.45, 2.75) is 26.3 Å². The molecule has 17 heavy (non-hydrogen) atoms. The molecule has 1 aromatic rings. The number of carbonyl (C=O) groups excluding carboxylic acids is 1. The smallest absolute Gasteiger partial charge is 0.305 e. The minimum Gasteiger partial charge on any atom is -0.493 e. The number of carbonyl (C=O) groups is 1. The topological polar surface area (TPSA) is 61.5 Å². The summed E-state index contributed by atoms with van der Waals surface area (Å²) in [7, 11) is 0. The lowest BCUT2D eigenvalue weighted by Gasteiger charge is -2.09. The third-order valence-corrected chi connectivity index (χ3v) is 2.28. The molecule has 0 unspecified atom stereocenters. The van der Waals surface area contributed by atoms with E-state index in [-0.39, 0.29) is 5.97 Å². The predicted octanol–water partition coefficient (Wildman–Crippen LogP) is 1.87. The first-order valence-corrected chi connectivity index (χ1v) is 5.84. The molecule has 94 valence electrons. The number of hydrogen-bond acceptors (Lipinski definition) is 4. The Labute approximate surface area is 102 Å². The highest BCUT2D eigenvalue weighted by Crippen LogP contribution is 2.17. The number of para-hydroxylation sites is 1. The summed E-state index contributed by atoms with van der Waals surface area (Å²) in [5.74, 6) is 0.613. The summed E-state index contributed by atoms with van der Waals surface area (Å²) in [5.41, 5.74) is 6.56. The zero-order chi connectivity index (χ0) is 12.5. The van der Waals surface area contributed by atoms with Gasteiger partial charge < -0.3 is 15.2 Å². The molecule has 0 heterocycles. The van der Waals surface area contributed by atoms with Gasteiger partial charge in [0, 0.05) is 18.5 Å². The Morgan fingerprint density at radius 2 is 2.12 bits per heavy atom.